The number of halogens is 1. The summed E-state index contributed by atoms with van der Waals surface area (Å²) < 4.78 is 147. The Labute approximate surface area is 593 Å². The van der Waals surface area contributed by atoms with Gasteiger partial charge in [-0.3, -0.25) is 0 Å². The van der Waals surface area contributed by atoms with Crippen LogP contribution in [0.2, 0.25) is 0 Å². The van der Waals surface area contributed by atoms with Crippen molar-refractivity contribution in [1.29, 1.82) is 0 Å². The first-order chi connectivity index (χ1) is 48.3. The van der Waals surface area contributed by atoms with Crippen molar-refractivity contribution in [3.8, 4) is 11.1 Å². The number of ether oxygens (including phenoxy) is 24. The van der Waals surface area contributed by atoms with Gasteiger partial charge in [0.15, 0.2) is 0 Å². The van der Waals surface area contributed by atoms with Gasteiger partial charge >= 0.3 is 7.12 Å². The lowest BCUT2D eigenvalue weighted by Gasteiger charge is -2.33. The van der Waals surface area contributed by atoms with Gasteiger partial charge in [0.05, 0.1) is 302 Å². The van der Waals surface area contributed by atoms with Crippen molar-refractivity contribution in [1.82, 2.24) is 0 Å². The van der Waals surface area contributed by atoms with Gasteiger partial charge in [0.25, 0.3) is 0 Å². The van der Waals surface area contributed by atoms with Crippen LogP contribution >= 0.6 is 15.9 Å². The third-order valence-electron chi connectivity index (χ3n) is 15.4. The molecule has 1 saturated heterocycles. The van der Waals surface area contributed by atoms with E-state index in [1.165, 1.54) is 22.3 Å². The van der Waals surface area contributed by atoms with Gasteiger partial charge in [-0.1, -0.05) is 40.2 Å². The maximum absolute atomic E-state index is 6.48. The van der Waals surface area contributed by atoms with Gasteiger partial charge in [-0.15, -0.1) is 0 Å². The Kier molecular flexibility index (Phi) is 56.2. The minimum atomic E-state index is -0.447. The van der Waals surface area contributed by atoms with Crippen molar-refractivity contribution in [3.05, 3.63) is 52.0 Å². The van der Waals surface area contributed by atoms with E-state index in [1.807, 2.05) is 0 Å². The van der Waals surface area contributed by atoms with Crippen LogP contribution in [0.5, 0.6) is 0 Å². The summed E-state index contributed by atoms with van der Waals surface area (Å²) in [5.74, 6) is 0. The fraction of sp³-hybridized carbons (Fsp3) is 0.829. The van der Waals surface area contributed by atoms with Gasteiger partial charge in [0.1, 0.15) is 0 Å². The first kappa shape index (κ1) is 88.3. The molecule has 98 heavy (non-hydrogen) atoms. The van der Waals surface area contributed by atoms with E-state index in [1.54, 1.807) is 14.2 Å². The second-order valence-corrected chi connectivity index (χ2v) is 24.0. The highest BCUT2D eigenvalue weighted by molar-refractivity contribution is 9.10. The van der Waals surface area contributed by atoms with Gasteiger partial charge in [-0.2, -0.15) is 0 Å². The van der Waals surface area contributed by atoms with Crippen LogP contribution in [0.3, 0.4) is 0 Å². The predicted molar refractivity (Wildman–Crippen MR) is 372 cm³/mol. The minimum absolute atomic E-state index is 0.0462. The van der Waals surface area contributed by atoms with Crippen LogP contribution < -0.4 is 5.46 Å². The second-order valence-electron chi connectivity index (χ2n) is 23.1. The third-order valence-corrected chi connectivity index (χ3v) is 15.9. The van der Waals surface area contributed by atoms with E-state index in [9.17, 15) is 0 Å². The molecule has 4 rings (SSSR count). The monoisotopic (exact) mass is 1470 g/mol. The molecule has 26 nitrogen and oxygen atoms in total. The molecule has 568 valence electrons. The Morgan fingerprint density at radius 3 is 0.776 bits per heavy atom. The first-order valence-electron chi connectivity index (χ1n) is 35.3. The van der Waals surface area contributed by atoms with Crippen molar-refractivity contribution < 1.29 is 123 Å². The molecule has 1 aliphatic heterocycles. The summed E-state index contributed by atoms with van der Waals surface area (Å²) >= 11 is 3.82. The Balaban J connectivity index is 0.963. The summed E-state index contributed by atoms with van der Waals surface area (Å²) in [4.78, 5) is 0. The average molecular weight is 1470 g/mol. The number of hydrogen-bond donors (Lipinski definition) is 0. The molecule has 2 aromatic carbocycles. The van der Waals surface area contributed by atoms with Gasteiger partial charge < -0.3 is 123 Å². The smallest absolute Gasteiger partial charge is 0.402 e. The Morgan fingerprint density at radius 1 is 0.316 bits per heavy atom. The molecule has 0 aromatic heterocycles. The lowest BCUT2D eigenvalue weighted by molar-refractivity contribution is -0.0281. The van der Waals surface area contributed by atoms with Crippen molar-refractivity contribution in [2.75, 3.05) is 318 Å². The van der Waals surface area contributed by atoms with Crippen LogP contribution in [-0.2, 0) is 128 Å². The molecule has 2 aliphatic rings. The summed E-state index contributed by atoms with van der Waals surface area (Å²) in [6.07, 6.45) is 3.42. The quantitative estimate of drug-likeness (QED) is 0.0558. The molecular formula is C70H122BBrO26. The van der Waals surface area contributed by atoms with Crippen molar-refractivity contribution in [2.24, 2.45) is 0 Å². The van der Waals surface area contributed by atoms with Crippen molar-refractivity contribution in [2.45, 2.75) is 63.6 Å². The largest absolute Gasteiger partial charge is 0.494 e. The van der Waals surface area contributed by atoms with Crippen molar-refractivity contribution in [3.63, 3.8) is 0 Å². The summed E-state index contributed by atoms with van der Waals surface area (Å²) in [6.45, 7) is 29.6. The van der Waals surface area contributed by atoms with E-state index in [-0.39, 0.29) is 11.5 Å². The van der Waals surface area contributed by atoms with E-state index >= 15 is 0 Å². The van der Waals surface area contributed by atoms with Crippen LogP contribution in [0.1, 0.15) is 57.6 Å². The molecule has 28 heteroatoms. The van der Waals surface area contributed by atoms with Crippen molar-refractivity contribution >= 4 is 28.5 Å². The normalized spacial score (nSPS) is 14.8. The molecule has 1 unspecified atom stereocenters. The topological polar surface area (TPSA) is 240 Å². The zero-order valence-corrected chi connectivity index (χ0v) is 61.6. The van der Waals surface area contributed by atoms with Gasteiger partial charge in [0, 0.05) is 37.3 Å². The van der Waals surface area contributed by atoms with E-state index in [0.29, 0.717) is 304 Å². The minimum Gasteiger partial charge on any atom is -0.402 e. The van der Waals surface area contributed by atoms with E-state index < -0.39 is 12.7 Å². The van der Waals surface area contributed by atoms with E-state index in [0.717, 1.165) is 35.6 Å². The number of benzene rings is 2. The third kappa shape index (κ3) is 43.3. The number of fused-ring (bicyclic) bond motifs is 3. The molecule has 1 aliphatic carbocycles. The highest BCUT2D eigenvalue weighted by Gasteiger charge is 2.47. The molecule has 0 spiro atoms. The maximum atomic E-state index is 6.48. The number of methoxy groups -OCH3 is 2. The highest BCUT2D eigenvalue weighted by Crippen LogP contribution is 2.54. The maximum Gasteiger partial charge on any atom is 0.494 e. The fourth-order valence-electron chi connectivity index (χ4n) is 10.0. The molecule has 0 radical (unpaired) electrons. The van der Waals surface area contributed by atoms with E-state index in [4.69, 9.17) is 123 Å². The molecule has 1 atom stereocenters. The van der Waals surface area contributed by atoms with Gasteiger partial charge in [-0.25, -0.2) is 0 Å². The Morgan fingerprint density at radius 2 is 0.541 bits per heavy atom. The number of hydrogen-bond acceptors (Lipinski definition) is 26. The molecule has 0 saturated carbocycles. The molecule has 0 amide bonds. The second kappa shape index (κ2) is 62.3. The first-order valence-corrected chi connectivity index (χ1v) is 36.1. The summed E-state index contributed by atoms with van der Waals surface area (Å²) in [5, 5.41) is 0. The zero-order chi connectivity index (χ0) is 69.6. The summed E-state index contributed by atoms with van der Waals surface area (Å²) in [7, 11) is 2.85. The van der Waals surface area contributed by atoms with Crippen LogP contribution in [0.25, 0.3) is 11.1 Å². The van der Waals surface area contributed by atoms with E-state index in [2.05, 4.69) is 73.1 Å². The molecular weight excluding hydrogens is 1350 g/mol. The summed E-state index contributed by atoms with van der Waals surface area (Å²) in [5.41, 5.74) is 5.42. The standard InChI is InChI=1S/C70H122BBrO26/c1-62-69(2,3)98-71(97-62)63-8-10-65-66-11-9-64(72)61-68(66)70(67(65)60-63,12-6-14-75-20-22-79-28-30-83-36-38-87-44-46-91-52-54-95-58-56-93-50-48-89-42-40-85-34-32-81-26-24-77-18-16-73-4)13-7-15-76-21-23-80-29-31-84-37-39-88-45-47-92-53-55-96-59-57-94-51-49-90-43-41-86-35-33-82-27-25-78-19-17-74-5/h8-11,60-62H,6-7,12-59H2,1-5H3. The zero-order valence-electron chi connectivity index (χ0n) is 60.0. The van der Waals surface area contributed by atoms with Crippen LogP contribution in [0.4, 0.5) is 0 Å². The van der Waals surface area contributed by atoms with Crippen LogP contribution in [0.15, 0.2) is 40.9 Å². The highest BCUT2D eigenvalue weighted by atomic mass is 79.9. The van der Waals surface area contributed by atoms with Gasteiger partial charge in [0.2, 0.25) is 0 Å². The lowest BCUT2D eigenvalue weighted by Crippen LogP contribution is -2.36. The average Bonchev–Trinajstić information content (AvgIpc) is 1.56. The van der Waals surface area contributed by atoms with Gasteiger partial charge in [-0.05, 0) is 86.3 Å². The lowest BCUT2D eigenvalue weighted by atomic mass is 9.69. The fourth-order valence-corrected chi connectivity index (χ4v) is 10.4. The molecule has 1 heterocycles. The molecule has 0 bridgehead atoms. The summed E-state index contributed by atoms with van der Waals surface area (Å²) in [6, 6.07) is 13.4. The Hall–Kier alpha value is -2.06. The Bertz CT molecular complexity index is 2040. The SMILES string of the molecule is COCCOCCOCCOCCOCCOCCOCCOCCOCCOCCOCCOCCCC1(CCCOCCOCCOCCOCCOCCOCCOCCOCCOCCOCCOCCOC)c2cc(Br)ccc2-c2ccc(B3OC(C)C(C)(C)O3)cc21. The molecule has 1 fully saturated rings. The van der Waals surface area contributed by atoms with Crippen LogP contribution in [0, 0.1) is 0 Å². The number of rotatable bonds is 75. The molecule has 0 N–H and O–H groups in total. The molecule has 2 aromatic rings. The predicted octanol–water partition coefficient (Wildman–Crippen LogP) is 5.84. The van der Waals surface area contributed by atoms with Crippen LogP contribution in [-0.4, -0.2) is 337 Å².